The number of sulfone groups is 1. The summed E-state index contributed by atoms with van der Waals surface area (Å²) in [6, 6.07) is 17.4. The zero-order chi connectivity index (χ0) is 20.1. The molecule has 7 heteroatoms. The van der Waals surface area contributed by atoms with Crippen LogP contribution in [-0.4, -0.2) is 20.9 Å². The van der Waals surface area contributed by atoms with E-state index < -0.39 is 15.1 Å². The molecule has 28 heavy (non-hydrogen) atoms. The average Bonchev–Trinajstić information content (AvgIpc) is 3.18. The van der Waals surface area contributed by atoms with Gasteiger partial charge in [0.2, 0.25) is 5.91 Å². The van der Waals surface area contributed by atoms with E-state index in [1.54, 1.807) is 54.6 Å². The van der Waals surface area contributed by atoms with Gasteiger partial charge in [0.05, 0.1) is 11.3 Å². The van der Waals surface area contributed by atoms with E-state index >= 15 is 0 Å². The van der Waals surface area contributed by atoms with Crippen molar-refractivity contribution >= 4 is 38.7 Å². The molecule has 146 valence electrons. The Hall–Kier alpha value is -2.15. The third-order valence-corrected chi connectivity index (χ3v) is 7.83. The molecule has 2 aromatic carbocycles. The highest BCUT2D eigenvalue weighted by Crippen LogP contribution is 2.31. The first-order valence-corrected chi connectivity index (χ1v) is 11.5. The molecule has 0 aliphatic carbocycles. The van der Waals surface area contributed by atoms with E-state index in [4.69, 9.17) is 11.6 Å². The van der Waals surface area contributed by atoms with Crippen LogP contribution in [0.15, 0.2) is 70.9 Å². The van der Waals surface area contributed by atoms with Gasteiger partial charge >= 0.3 is 0 Å². The number of carbonyl (C=O) groups is 1. The second-order valence-corrected chi connectivity index (χ2v) is 10.0. The number of amides is 1. The van der Waals surface area contributed by atoms with Gasteiger partial charge in [-0.1, -0.05) is 47.5 Å². The van der Waals surface area contributed by atoms with E-state index in [0.717, 1.165) is 11.1 Å². The van der Waals surface area contributed by atoms with Crippen molar-refractivity contribution in [3.8, 4) is 0 Å². The van der Waals surface area contributed by atoms with Crippen molar-refractivity contribution in [3.63, 3.8) is 0 Å². The summed E-state index contributed by atoms with van der Waals surface area (Å²) in [5.74, 6) is -0.233. The molecule has 1 atom stereocenters. The number of benzene rings is 2. The second-order valence-electron chi connectivity index (χ2n) is 6.47. The van der Waals surface area contributed by atoms with Gasteiger partial charge in [-0.15, -0.1) is 11.3 Å². The molecule has 1 aromatic heterocycles. The minimum Gasteiger partial charge on any atom is -0.354 e. The first-order chi connectivity index (χ1) is 13.4. The quantitative estimate of drug-likeness (QED) is 0.593. The standard InChI is InChI=1S/C21H20ClNO3S2/c1-15-4-10-18(11-5-15)28(25,26)20(19-3-2-12-27-19)14-23-21(24)13-16-6-8-17(22)9-7-16/h2-12,20H,13-14H2,1H3,(H,23,24)/t20-/m0/s1. The van der Waals surface area contributed by atoms with E-state index in [9.17, 15) is 13.2 Å². The lowest BCUT2D eigenvalue weighted by molar-refractivity contribution is -0.120. The van der Waals surface area contributed by atoms with Gasteiger partial charge in [-0.2, -0.15) is 0 Å². The molecule has 0 saturated carbocycles. The normalized spacial score (nSPS) is 12.5. The maximum Gasteiger partial charge on any atom is 0.224 e. The number of hydrogen-bond acceptors (Lipinski definition) is 4. The highest BCUT2D eigenvalue weighted by Gasteiger charge is 2.30. The Bertz CT molecular complexity index is 1030. The van der Waals surface area contributed by atoms with Crippen molar-refractivity contribution in [2.45, 2.75) is 23.5 Å². The van der Waals surface area contributed by atoms with Crippen LogP contribution in [0.2, 0.25) is 5.02 Å². The van der Waals surface area contributed by atoms with Gasteiger partial charge < -0.3 is 5.32 Å². The highest BCUT2D eigenvalue weighted by molar-refractivity contribution is 7.91. The fraction of sp³-hybridized carbons (Fsp3) is 0.190. The molecular weight excluding hydrogens is 414 g/mol. The minimum atomic E-state index is -3.64. The maximum absolute atomic E-state index is 13.2. The summed E-state index contributed by atoms with van der Waals surface area (Å²) in [4.78, 5) is 13.3. The lowest BCUT2D eigenvalue weighted by Crippen LogP contribution is -2.32. The molecule has 0 radical (unpaired) electrons. The lowest BCUT2D eigenvalue weighted by Gasteiger charge is -2.17. The molecule has 3 aromatic rings. The Morgan fingerprint density at radius 3 is 2.36 bits per heavy atom. The fourth-order valence-electron chi connectivity index (χ4n) is 2.79. The zero-order valence-corrected chi connectivity index (χ0v) is 17.7. The van der Waals surface area contributed by atoms with Gasteiger partial charge in [-0.3, -0.25) is 4.79 Å². The number of hydrogen-bond donors (Lipinski definition) is 1. The number of rotatable bonds is 7. The Morgan fingerprint density at radius 1 is 1.07 bits per heavy atom. The molecule has 0 fully saturated rings. The molecule has 1 N–H and O–H groups in total. The summed E-state index contributed by atoms with van der Waals surface area (Å²) in [7, 11) is -3.64. The fourth-order valence-corrected chi connectivity index (χ4v) is 5.70. The van der Waals surface area contributed by atoms with Gasteiger partial charge in [-0.05, 0) is 48.2 Å². The zero-order valence-electron chi connectivity index (χ0n) is 15.3. The van der Waals surface area contributed by atoms with E-state index in [1.165, 1.54) is 11.3 Å². The lowest BCUT2D eigenvalue weighted by atomic mass is 10.1. The molecule has 0 bridgehead atoms. The van der Waals surface area contributed by atoms with Gasteiger partial charge in [0.25, 0.3) is 0 Å². The predicted molar refractivity (Wildman–Crippen MR) is 114 cm³/mol. The molecule has 0 aliphatic heterocycles. The largest absolute Gasteiger partial charge is 0.354 e. The number of halogens is 1. The summed E-state index contributed by atoms with van der Waals surface area (Å²) in [5.41, 5.74) is 1.80. The molecule has 4 nitrogen and oxygen atoms in total. The number of carbonyl (C=O) groups excluding carboxylic acids is 1. The van der Waals surface area contributed by atoms with Crippen molar-refractivity contribution < 1.29 is 13.2 Å². The van der Waals surface area contributed by atoms with Crippen molar-refractivity contribution in [1.82, 2.24) is 5.32 Å². The van der Waals surface area contributed by atoms with Crippen LogP contribution in [0.4, 0.5) is 0 Å². The summed E-state index contributed by atoms with van der Waals surface area (Å²) in [6.45, 7) is 1.92. The molecule has 1 heterocycles. The van der Waals surface area contributed by atoms with E-state index in [1.807, 2.05) is 18.4 Å². The molecule has 0 aliphatic rings. The molecule has 3 rings (SSSR count). The number of thiophene rings is 1. The van der Waals surface area contributed by atoms with Gasteiger partial charge in [-0.25, -0.2) is 8.42 Å². The molecule has 0 unspecified atom stereocenters. The van der Waals surface area contributed by atoms with Gasteiger partial charge in [0.1, 0.15) is 5.25 Å². The van der Waals surface area contributed by atoms with Crippen LogP contribution in [0.1, 0.15) is 21.3 Å². The molecule has 0 spiro atoms. The van der Waals surface area contributed by atoms with Crippen molar-refractivity contribution in [2.24, 2.45) is 0 Å². The second kappa shape index (κ2) is 8.90. The van der Waals surface area contributed by atoms with Gasteiger partial charge in [0.15, 0.2) is 9.84 Å². The van der Waals surface area contributed by atoms with Crippen LogP contribution >= 0.6 is 22.9 Å². The van der Waals surface area contributed by atoms with E-state index in [0.29, 0.717) is 9.90 Å². The third-order valence-electron chi connectivity index (χ3n) is 4.35. The summed E-state index contributed by atoms with van der Waals surface area (Å²) >= 11 is 7.23. The molecule has 1 amide bonds. The minimum absolute atomic E-state index is 0.0170. The smallest absolute Gasteiger partial charge is 0.224 e. The van der Waals surface area contributed by atoms with Crippen molar-refractivity contribution in [1.29, 1.82) is 0 Å². The van der Waals surface area contributed by atoms with Crippen LogP contribution < -0.4 is 5.32 Å². The molecular formula is C21H20ClNO3S2. The van der Waals surface area contributed by atoms with Crippen LogP contribution in [0.25, 0.3) is 0 Å². The summed E-state index contributed by atoms with van der Waals surface area (Å²) in [6.07, 6.45) is 0.166. The van der Waals surface area contributed by atoms with Crippen LogP contribution in [-0.2, 0) is 21.1 Å². The third kappa shape index (κ3) is 5.01. The van der Waals surface area contributed by atoms with Crippen LogP contribution in [0.5, 0.6) is 0 Å². The maximum atomic E-state index is 13.2. The predicted octanol–water partition coefficient (Wildman–Crippen LogP) is 4.58. The summed E-state index contributed by atoms with van der Waals surface area (Å²) < 4.78 is 26.4. The van der Waals surface area contributed by atoms with E-state index in [-0.39, 0.29) is 23.8 Å². The van der Waals surface area contributed by atoms with E-state index in [2.05, 4.69) is 5.32 Å². The number of nitrogens with one attached hydrogen (secondary N) is 1. The Balaban J connectivity index is 1.76. The van der Waals surface area contributed by atoms with Crippen molar-refractivity contribution in [3.05, 3.63) is 87.1 Å². The highest BCUT2D eigenvalue weighted by atomic mass is 35.5. The number of aryl methyl sites for hydroxylation is 1. The first-order valence-electron chi connectivity index (χ1n) is 8.71. The Kier molecular flexibility index (Phi) is 6.54. The van der Waals surface area contributed by atoms with Crippen LogP contribution in [0.3, 0.4) is 0 Å². The van der Waals surface area contributed by atoms with Gasteiger partial charge in [0, 0.05) is 16.4 Å². The Morgan fingerprint density at radius 2 is 1.75 bits per heavy atom. The monoisotopic (exact) mass is 433 g/mol. The first kappa shape index (κ1) is 20.6. The summed E-state index contributed by atoms with van der Waals surface area (Å²) in [5, 5.41) is 4.39. The molecule has 0 saturated heterocycles. The van der Waals surface area contributed by atoms with Crippen LogP contribution in [0, 0.1) is 6.92 Å². The topological polar surface area (TPSA) is 63.2 Å². The van der Waals surface area contributed by atoms with Crippen molar-refractivity contribution in [2.75, 3.05) is 6.54 Å². The average molecular weight is 434 g/mol. The Labute approximate surface area is 174 Å². The SMILES string of the molecule is Cc1ccc(S(=O)(=O)[C@@H](CNC(=O)Cc2ccc(Cl)cc2)c2cccs2)cc1.